The molecule has 1 saturated heterocycles. The monoisotopic (exact) mass is 148 g/mol. The zero-order valence-electron chi connectivity index (χ0n) is 5.99. The van der Waals surface area contributed by atoms with Crippen molar-refractivity contribution in [1.82, 2.24) is 0 Å². The molecule has 0 amide bonds. The summed E-state index contributed by atoms with van der Waals surface area (Å²) in [5, 5.41) is 0. The number of carbonyl (C=O) groups excluding carboxylic acids is 1. The van der Waals surface area contributed by atoms with Crippen LogP contribution in [0.3, 0.4) is 0 Å². The molecule has 1 atom stereocenters. The minimum atomic E-state index is -0.101. The summed E-state index contributed by atoms with van der Waals surface area (Å²) < 4.78 is 4.66. The fraction of sp³-hybridized carbons (Fsp3) is 0.222. The van der Waals surface area contributed by atoms with Crippen LogP contribution in [0.2, 0.25) is 0 Å². The third-order valence-corrected chi connectivity index (χ3v) is 1.88. The molecule has 2 rings (SSSR count). The third kappa shape index (κ3) is 1.00. The van der Waals surface area contributed by atoms with Gasteiger partial charge in [0.1, 0.15) is 12.5 Å². The summed E-state index contributed by atoms with van der Waals surface area (Å²) >= 11 is 0. The standard InChI is InChI=1S/C9H8O2/c10-9-8(6-11-9)7-4-2-1-3-5-7/h1-5,8H,6H2/t8-/m1/s1. The van der Waals surface area contributed by atoms with E-state index in [2.05, 4.69) is 4.74 Å². The molecule has 0 unspecified atom stereocenters. The maximum Gasteiger partial charge on any atom is 0.316 e. The molecular weight excluding hydrogens is 140 g/mol. The Balaban J connectivity index is 2.23. The second-order valence-electron chi connectivity index (χ2n) is 2.59. The van der Waals surface area contributed by atoms with Gasteiger partial charge in [-0.25, -0.2) is 0 Å². The first-order valence-electron chi connectivity index (χ1n) is 3.59. The maximum absolute atomic E-state index is 10.8. The minimum absolute atomic E-state index is 0.00352. The quantitative estimate of drug-likeness (QED) is 0.561. The summed E-state index contributed by atoms with van der Waals surface area (Å²) in [5.41, 5.74) is 1.06. The number of ether oxygens (including phenoxy) is 1. The first-order valence-corrected chi connectivity index (χ1v) is 3.59. The predicted octanol–water partition coefficient (Wildman–Crippen LogP) is 1.33. The van der Waals surface area contributed by atoms with Crippen molar-refractivity contribution in [3.8, 4) is 0 Å². The molecule has 0 radical (unpaired) electrons. The molecule has 1 fully saturated rings. The molecule has 1 aliphatic heterocycles. The van der Waals surface area contributed by atoms with E-state index in [1.165, 1.54) is 0 Å². The molecule has 0 bridgehead atoms. The van der Waals surface area contributed by atoms with Crippen molar-refractivity contribution >= 4 is 5.97 Å². The molecule has 0 spiro atoms. The van der Waals surface area contributed by atoms with Gasteiger partial charge >= 0.3 is 5.97 Å². The van der Waals surface area contributed by atoms with Crippen LogP contribution in [0.15, 0.2) is 30.3 Å². The van der Waals surface area contributed by atoms with Gasteiger partial charge in [0.15, 0.2) is 0 Å². The molecule has 11 heavy (non-hydrogen) atoms. The first-order chi connectivity index (χ1) is 5.38. The first kappa shape index (κ1) is 6.40. The lowest BCUT2D eigenvalue weighted by Crippen LogP contribution is -2.32. The van der Waals surface area contributed by atoms with Gasteiger partial charge in [0.25, 0.3) is 0 Å². The number of esters is 1. The molecule has 0 saturated carbocycles. The van der Waals surface area contributed by atoms with Gasteiger partial charge in [0, 0.05) is 0 Å². The fourth-order valence-corrected chi connectivity index (χ4v) is 1.15. The van der Waals surface area contributed by atoms with E-state index in [4.69, 9.17) is 0 Å². The molecule has 0 N–H and O–H groups in total. The minimum Gasteiger partial charge on any atom is -0.464 e. The average Bonchev–Trinajstić information content (AvgIpc) is 2.04. The smallest absolute Gasteiger partial charge is 0.316 e. The molecular formula is C9H8O2. The molecule has 1 aromatic carbocycles. The van der Waals surface area contributed by atoms with E-state index in [0.29, 0.717) is 6.61 Å². The van der Waals surface area contributed by atoms with Crippen molar-refractivity contribution < 1.29 is 9.53 Å². The van der Waals surface area contributed by atoms with E-state index in [1.807, 2.05) is 30.3 Å². The lowest BCUT2D eigenvalue weighted by Gasteiger charge is -2.24. The van der Waals surface area contributed by atoms with E-state index in [0.717, 1.165) is 5.56 Å². The van der Waals surface area contributed by atoms with Crippen molar-refractivity contribution in [2.75, 3.05) is 6.61 Å². The van der Waals surface area contributed by atoms with Crippen LogP contribution < -0.4 is 0 Å². The zero-order chi connectivity index (χ0) is 7.68. The van der Waals surface area contributed by atoms with Gasteiger partial charge in [-0.05, 0) is 5.56 Å². The van der Waals surface area contributed by atoms with Crippen molar-refractivity contribution in [3.05, 3.63) is 35.9 Å². The summed E-state index contributed by atoms with van der Waals surface area (Å²) in [7, 11) is 0. The van der Waals surface area contributed by atoms with Crippen molar-refractivity contribution in [1.29, 1.82) is 0 Å². The third-order valence-electron chi connectivity index (χ3n) is 1.88. The van der Waals surface area contributed by atoms with Crippen LogP contribution in [-0.2, 0) is 9.53 Å². The summed E-state index contributed by atoms with van der Waals surface area (Å²) in [6, 6.07) is 9.70. The van der Waals surface area contributed by atoms with Crippen LogP contribution >= 0.6 is 0 Å². The highest BCUT2D eigenvalue weighted by atomic mass is 16.6. The Labute approximate surface area is 64.8 Å². The Bertz CT molecular complexity index is 266. The molecule has 0 aromatic heterocycles. The van der Waals surface area contributed by atoms with Gasteiger partial charge in [-0.3, -0.25) is 4.79 Å². The number of benzene rings is 1. The normalized spacial score (nSPS) is 22.2. The highest BCUT2D eigenvalue weighted by Gasteiger charge is 2.31. The van der Waals surface area contributed by atoms with Gasteiger partial charge in [-0.15, -0.1) is 0 Å². The van der Waals surface area contributed by atoms with Crippen LogP contribution in [0.25, 0.3) is 0 Å². The largest absolute Gasteiger partial charge is 0.464 e. The average molecular weight is 148 g/mol. The lowest BCUT2D eigenvalue weighted by atomic mass is 9.97. The van der Waals surface area contributed by atoms with E-state index in [-0.39, 0.29) is 11.9 Å². The van der Waals surface area contributed by atoms with Crippen molar-refractivity contribution in [3.63, 3.8) is 0 Å². The number of carbonyl (C=O) groups is 1. The Kier molecular flexibility index (Phi) is 1.39. The van der Waals surface area contributed by atoms with Gasteiger partial charge in [0.2, 0.25) is 0 Å². The Morgan fingerprint density at radius 1 is 1.27 bits per heavy atom. The second kappa shape index (κ2) is 2.38. The number of hydrogen-bond acceptors (Lipinski definition) is 2. The fourth-order valence-electron chi connectivity index (χ4n) is 1.15. The Morgan fingerprint density at radius 3 is 2.45 bits per heavy atom. The summed E-state index contributed by atoms with van der Waals surface area (Å²) in [5.74, 6) is -0.104. The van der Waals surface area contributed by atoms with Gasteiger partial charge in [0.05, 0.1) is 0 Å². The maximum atomic E-state index is 10.8. The summed E-state index contributed by atoms with van der Waals surface area (Å²) in [6.45, 7) is 0.544. The number of cyclic esters (lactones) is 1. The predicted molar refractivity (Wildman–Crippen MR) is 40.1 cm³/mol. The van der Waals surface area contributed by atoms with Crippen LogP contribution in [-0.4, -0.2) is 12.6 Å². The van der Waals surface area contributed by atoms with Crippen molar-refractivity contribution in [2.45, 2.75) is 5.92 Å². The Hall–Kier alpha value is -1.31. The van der Waals surface area contributed by atoms with Gasteiger partial charge < -0.3 is 4.74 Å². The molecule has 0 aliphatic carbocycles. The lowest BCUT2D eigenvalue weighted by molar-refractivity contribution is -0.161. The van der Waals surface area contributed by atoms with Crippen LogP contribution in [0.1, 0.15) is 11.5 Å². The molecule has 1 heterocycles. The van der Waals surface area contributed by atoms with E-state index >= 15 is 0 Å². The highest BCUT2D eigenvalue weighted by Crippen LogP contribution is 2.24. The topological polar surface area (TPSA) is 26.3 Å². The van der Waals surface area contributed by atoms with Gasteiger partial charge in [-0.1, -0.05) is 30.3 Å². The molecule has 1 aliphatic rings. The second-order valence-corrected chi connectivity index (χ2v) is 2.59. The number of hydrogen-bond donors (Lipinski definition) is 0. The van der Waals surface area contributed by atoms with E-state index in [9.17, 15) is 4.79 Å². The van der Waals surface area contributed by atoms with Crippen molar-refractivity contribution in [2.24, 2.45) is 0 Å². The van der Waals surface area contributed by atoms with Crippen LogP contribution in [0, 0.1) is 0 Å². The Morgan fingerprint density at radius 2 is 2.00 bits per heavy atom. The summed E-state index contributed by atoms with van der Waals surface area (Å²) in [4.78, 5) is 10.8. The molecule has 1 aromatic rings. The van der Waals surface area contributed by atoms with E-state index < -0.39 is 0 Å². The zero-order valence-corrected chi connectivity index (χ0v) is 5.99. The number of rotatable bonds is 1. The molecule has 2 heteroatoms. The molecule has 2 nitrogen and oxygen atoms in total. The van der Waals surface area contributed by atoms with Gasteiger partial charge in [-0.2, -0.15) is 0 Å². The van der Waals surface area contributed by atoms with Crippen LogP contribution in [0.4, 0.5) is 0 Å². The van der Waals surface area contributed by atoms with E-state index in [1.54, 1.807) is 0 Å². The molecule has 56 valence electrons. The SMILES string of the molecule is O=C1OC[C@@H]1c1ccccc1. The van der Waals surface area contributed by atoms with Crippen LogP contribution in [0.5, 0.6) is 0 Å². The summed E-state index contributed by atoms with van der Waals surface area (Å²) in [6.07, 6.45) is 0. The highest BCUT2D eigenvalue weighted by molar-refractivity contribution is 5.82.